The molecule has 1 saturated heterocycles. The van der Waals surface area contributed by atoms with Crippen molar-refractivity contribution in [2.75, 3.05) is 13.2 Å². The van der Waals surface area contributed by atoms with E-state index in [-0.39, 0.29) is 25.9 Å². The second kappa shape index (κ2) is 55.6. The van der Waals surface area contributed by atoms with Crippen LogP contribution in [-0.4, -0.2) is 89.2 Å². The van der Waals surface area contributed by atoms with Gasteiger partial charge in [-0.25, -0.2) is 4.79 Å². The number of esters is 3. The SMILES string of the molecule is CC/C=C\C/C=C\C/C=C\C/C=C\C/C=C\CCCC(=O)OCC(COC1OC(C(=O)O)C(O)C(O)C1OC(=O)CCCCCCCCC/C=C\C/C=C\CCCCC)OC(=O)CCCCCCCCC/C=C\C/C=C\C/C=C\CC. The minimum atomic E-state index is -1.92. The number of aliphatic hydroxyl groups is 2. The minimum absolute atomic E-state index is 0.0389. The number of carbonyl (C=O) groups is 4. The van der Waals surface area contributed by atoms with Crippen molar-refractivity contribution in [3.8, 4) is 0 Å². The summed E-state index contributed by atoms with van der Waals surface area (Å²) in [5.74, 6) is -3.23. The number of carboxylic acid groups (broad SMARTS) is 1. The van der Waals surface area contributed by atoms with Gasteiger partial charge in [-0.2, -0.15) is 0 Å². The first-order valence-electron chi connectivity index (χ1n) is 31.5. The second-order valence-corrected chi connectivity index (χ2v) is 20.9. The van der Waals surface area contributed by atoms with Gasteiger partial charge in [-0.1, -0.05) is 219 Å². The molecule has 458 valence electrons. The maximum atomic E-state index is 13.2. The lowest BCUT2D eigenvalue weighted by Crippen LogP contribution is -2.61. The predicted octanol–water partition coefficient (Wildman–Crippen LogP) is 16.8. The Hall–Kier alpha value is -4.88. The molecule has 0 bridgehead atoms. The fraction of sp³-hybridized carbons (Fsp3) is 0.652. The topological polar surface area (TPSA) is 175 Å². The van der Waals surface area contributed by atoms with E-state index in [2.05, 4.69) is 136 Å². The Morgan fingerprint density at radius 2 is 0.790 bits per heavy atom. The zero-order valence-corrected chi connectivity index (χ0v) is 50.5. The molecule has 1 aliphatic heterocycles. The molecule has 0 aliphatic carbocycles. The fourth-order valence-electron chi connectivity index (χ4n) is 8.74. The Balaban J connectivity index is 2.73. The molecule has 0 aromatic carbocycles. The van der Waals surface area contributed by atoms with Crippen LogP contribution in [0.5, 0.6) is 0 Å². The molecule has 6 atom stereocenters. The number of hydrogen-bond donors (Lipinski definition) is 3. The summed E-state index contributed by atoms with van der Waals surface area (Å²) < 4.78 is 28.4. The summed E-state index contributed by atoms with van der Waals surface area (Å²) in [6, 6.07) is 0. The summed E-state index contributed by atoms with van der Waals surface area (Å²) in [6.45, 7) is 5.69. The number of hydrogen-bond acceptors (Lipinski definition) is 11. The fourth-order valence-corrected chi connectivity index (χ4v) is 8.74. The van der Waals surface area contributed by atoms with Crippen LogP contribution in [-0.2, 0) is 42.9 Å². The van der Waals surface area contributed by atoms with Gasteiger partial charge in [-0.3, -0.25) is 14.4 Å². The second-order valence-electron chi connectivity index (χ2n) is 20.9. The van der Waals surface area contributed by atoms with Crippen LogP contribution >= 0.6 is 0 Å². The van der Waals surface area contributed by atoms with E-state index in [4.69, 9.17) is 23.7 Å². The highest BCUT2D eigenvalue weighted by Gasteiger charge is 2.50. The van der Waals surface area contributed by atoms with Crippen molar-refractivity contribution in [3.63, 3.8) is 0 Å². The predicted molar refractivity (Wildman–Crippen MR) is 330 cm³/mol. The summed E-state index contributed by atoms with van der Waals surface area (Å²) in [5, 5.41) is 31.6. The van der Waals surface area contributed by atoms with E-state index in [1.165, 1.54) is 19.3 Å². The molecule has 0 radical (unpaired) electrons. The van der Waals surface area contributed by atoms with Gasteiger partial charge in [0, 0.05) is 19.3 Å². The molecular weight excluding hydrogens is 1020 g/mol. The molecule has 0 spiro atoms. The van der Waals surface area contributed by atoms with Gasteiger partial charge in [0.2, 0.25) is 0 Å². The van der Waals surface area contributed by atoms with Gasteiger partial charge >= 0.3 is 23.9 Å². The van der Waals surface area contributed by atoms with Crippen molar-refractivity contribution in [1.82, 2.24) is 0 Å². The van der Waals surface area contributed by atoms with E-state index in [1.54, 1.807) is 0 Å². The molecule has 3 N–H and O–H groups in total. The third-order valence-electron chi connectivity index (χ3n) is 13.5. The van der Waals surface area contributed by atoms with Gasteiger partial charge in [0.25, 0.3) is 0 Å². The maximum Gasteiger partial charge on any atom is 0.335 e. The molecule has 0 amide bonds. The number of allylic oxidation sites excluding steroid dienone is 20. The summed E-state index contributed by atoms with van der Waals surface area (Å²) in [7, 11) is 0. The number of carbonyl (C=O) groups excluding carboxylic acids is 3. The summed E-state index contributed by atoms with van der Waals surface area (Å²) >= 11 is 0. The lowest BCUT2D eigenvalue weighted by Gasteiger charge is -2.40. The Morgan fingerprint density at radius 3 is 1.22 bits per heavy atom. The number of ether oxygens (including phenoxy) is 5. The average molecular weight is 1130 g/mol. The first kappa shape index (κ1) is 74.1. The van der Waals surface area contributed by atoms with E-state index in [0.29, 0.717) is 25.7 Å². The van der Waals surface area contributed by atoms with Crippen molar-refractivity contribution in [3.05, 3.63) is 122 Å². The highest BCUT2D eigenvalue weighted by molar-refractivity contribution is 5.74. The zero-order valence-electron chi connectivity index (χ0n) is 50.5. The summed E-state index contributed by atoms with van der Waals surface area (Å²) in [5.41, 5.74) is 0. The van der Waals surface area contributed by atoms with E-state index in [9.17, 15) is 34.5 Å². The quantitative estimate of drug-likeness (QED) is 0.0228. The highest BCUT2D eigenvalue weighted by atomic mass is 16.7. The van der Waals surface area contributed by atoms with Crippen molar-refractivity contribution in [2.24, 2.45) is 0 Å². The smallest absolute Gasteiger partial charge is 0.335 e. The van der Waals surface area contributed by atoms with Crippen molar-refractivity contribution < 1.29 is 58.2 Å². The molecule has 1 aliphatic rings. The lowest BCUT2D eigenvalue weighted by atomic mass is 9.98. The van der Waals surface area contributed by atoms with Gasteiger partial charge in [0.15, 0.2) is 24.6 Å². The van der Waals surface area contributed by atoms with Gasteiger partial charge in [0.1, 0.15) is 18.8 Å². The summed E-state index contributed by atoms with van der Waals surface area (Å²) in [6.07, 6.45) is 64.4. The lowest BCUT2D eigenvalue weighted by molar-refractivity contribution is -0.301. The van der Waals surface area contributed by atoms with E-state index >= 15 is 0 Å². The molecule has 12 heteroatoms. The first-order valence-corrected chi connectivity index (χ1v) is 31.5. The van der Waals surface area contributed by atoms with Crippen LogP contribution in [0.2, 0.25) is 0 Å². The van der Waals surface area contributed by atoms with E-state index in [0.717, 1.165) is 154 Å². The molecule has 1 fully saturated rings. The monoisotopic (exact) mass is 1130 g/mol. The number of aliphatic hydroxyl groups excluding tert-OH is 2. The van der Waals surface area contributed by atoms with E-state index in [1.807, 2.05) is 6.08 Å². The third kappa shape index (κ3) is 45.3. The van der Waals surface area contributed by atoms with Crippen molar-refractivity contribution >= 4 is 23.9 Å². The van der Waals surface area contributed by atoms with Crippen molar-refractivity contribution in [2.45, 2.75) is 276 Å². The standard InChI is InChI=1S/C69H110O12/c1-4-7-10-13-16-19-22-25-28-31-34-37-40-43-46-49-52-55-61(70)77-58-60(79-62(71)56-53-50-47-44-41-38-35-32-29-26-23-20-17-14-11-8-5-2)59-78-69-67(65(74)64(73)66(81-69)68(75)76)80-63(72)57-54-51-48-45-42-39-36-33-30-27-24-21-18-15-12-9-6-3/h7-8,10-11,16-21,25-30,34,37,43,46,60,64-67,69,73-74H,4-6,9,12-15,22-24,31-33,35-36,38-42,44-45,47-59H2,1-3H3,(H,75,76)/b10-7-,11-8-,19-16-,20-17-,21-18-,28-25-,29-26-,30-27-,37-34-,46-43-. The van der Waals surface area contributed by atoms with Crippen molar-refractivity contribution in [1.29, 1.82) is 0 Å². The molecule has 0 saturated carbocycles. The highest BCUT2D eigenvalue weighted by Crippen LogP contribution is 2.26. The van der Waals surface area contributed by atoms with Crippen LogP contribution in [0.1, 0.15) is 239 Å². The molecule has 0 aromatic heterocycles. The van der Waals surface area contributed by atoms with Crippen LogP contribution in [0.25, 0.3) is 0 Å². The van der Waals surface area contributed by atoms with Crippen LogP contribution in [0.4, 0.5) is 0 Å². The van der Waals surface area contributed by atoms with Gasteiger partial charge in [-0.15, -0.1) is 0 Å². The van der Waals surface area contributed by atoms with Gasteiger partial charge in [0.05, 0.1) is 6.61 Å². The average Bonchev–Trinajstić information content (AvgIpc) is 3.53. The molecular formula is C69H110O12. The normalized spacial score (nSPS) is 18.6. The number of carboxylic acids is 1. The van der Waals surface area contributed by atoms with Gasteiger partial charge in [-0.05, 0) is 122 Å². The molecule has 0 aromatic rings. The molecule has 12 nitrogen and oxygen atoms in total. The molecule has 81 heavy (non-hydrogen) atoms. The maximum absolute atomic E-state index is 13.2. The Kier molecular flexibility index (Phi) is 50.9. The Labute approximate surface area is 490 Å². The van der Waals surface area contributed by atoms with Crippen LogP contribution in [0.3, 0.4) is 0 Å². The number of aliphatic carboxylic acids is 1. The zero-order chi connectivity index (χ0) is 58.9. The summed E-state index contributed by atoms with van der Waals surface area (Å²) in [4.78, 5) is 51.3. The van der Waals surface area contributed by atoms with Crippen LogP contribution in [0.15, 0.2) is 122 Å². The van der Waals surface area contributed by atoms with Crippen LogP contribution < -0.4 is 0 Å². The molecule has 6 unspecified atom stereocenters. The van der Waals surface area contributed by atoms with Gasteiger partial charge < -0.3 is 39.0 Å². The largest absolute Gasteiger partial charge is 0.479 e. The first-order chi connectivity index (χ1) is 39.6. The number of rotatable bonds is 52. The molecule has 1 heterocycles. The molecule has 1 rings (SSSR count). The minimum Gasteiger partial charge on any atom is -0.479 e. The Morgan fingerprint density at radius 1 is 0.420 bits per heavy atom. The number of unbranched alkanes of at least 4 members (excludes halogenated alkanes) is 18. The Bertz CT molecular complexity index is 1870. The third-order valence-corrected chi connectivity index (χ3v) is 13.5. The van der Waals surface area contributed by atoms with Crippen LogP contribution in [0, 0.1) is 0 Å². The van der Waals surface area contributed by atoms with E-state index < -0.39 is 67.3 Å².